The average Bonchev–Trinajstić information content (AvgIpc) is 3.05. The van der Waals surface area contributed by atoms with Crippen LogP contribution in [0.15, 0.2) is 46.1 Å². The Hall–Kier alpha value is -2.35. The fourth-order valence-electron chi connectivity index (χ4n) is 2.73. The van der Waals surface area contributed by atoms with Crippen LogP contribution in [-0.2, 0) is 24.9 Å². The Labute approximate surface area is 169 Å². The van der Waals surface area contributed by atoms with Crippen LogP contribution in [0, 0.1) is 0 Å². The number of guanidine groups is 1. The molecule has 2 aromatic rings. The molecule has 0 aliphatic carbocycles. The quantitative estimate of drug-likeness (QED) is 0.535. The van der Waals surface area contributed by atoms with Crippen LogP contribution in [0.3, 0.4) is 0 Å². The van der Waals surface area contributed by atoms with Crippen molar-refractivity contribution in [2.45, 2.75) is 19.5 Å². The Morgan fingerprint density at radius 2 is 2.00 bits per heavy atom. The molecule has 0 fully saturated rings. The Bertz CT molecular complexity index is 788. The molecule has 0 unspecified atom stereocenters. The SMILES string of the molecule is CN=C(NCCC(=O)N(C)Cc1ccccc1Br)N(C)Cc1cnn(C)c1. The summed E-state index contributed by atoms with van der Waals surface area (Å²) in [6.07, 6.45) is 4.22. The van der Waals surface area contributed by atoms with Crippen molar-refractivity contribution in [3.8, 4) is 0 Å². The molecule has 146 valence electrons. The highest BCUT2D eigenvalue weighted by Crippen LogP contribution is 2.17. The van der Waals surface area contributed by atoms with Crippen molar-refractivity contribution in [3.05, 3.63) is 52.3 Å². The lowest BCUT2D eigenvalue weighted by Crippen LogP contribution is -2.40. The van der Waals surface area contributed by atoms with E-state index in [-0.39, 0.29) is 5.91 Å². The Kier molecular flexibility index (Phi) is 7.84. The third-order valence-corrected chi connectivity index (χ3v) is 4.94. The van der Waals surface area contributed by atoms with Crippen LogP contribution in [0.25, 0.3) is 0 Å². The zero-order chi connectivity index (χ0) is 19.8. The fraction of sp³-hybridized carbons (Fsp3) is 0.421. The minimum absolute atomic E-state index is 0.0867. The zero-order valence-corrected chi connectivity index (χ0v) is 17.9. The second-order valence-electron chi connectivity index (χ2n) is 6.44. The number of aliphatic imine (C=N–C) groups is 1. The van der Waals surface area contributed by atoms with Gasteiger partial charge in [-0.05, 0) is 11.6 Å². The van der Waals surface area contributed by atoms with Crippen molar-refractivity contribution in [3.63, 3.8) is 0 Å². The van der Waals surface area contributed by atoms with Crippen LogP contribution < -0.4 is 5.32 Å². The van der Waals surface area contributed by atoms with Gasteiger partial charge in [0.05, 0.1) is 6.20 Å². The monoisotopic (exact) mass is 434 g/mol. The molecule has 0 radical (unpaired) electrons. The van der Waals surface area contributed by atoms with Crippen LogP contribution in [0.5, 0.6) is 0 Å². The molecule has 0 aliphatic rings. The molecule has 2 rings (SSSR count). The number of carbonyl (C=O) groups excluding carboxylic acids is 1. The minimum Gasteiger partial charge on any atom is -0.356 e. The highest BCUT2D eigenvalue weighted by atomic mass is 79.9. The summed E-state index contributed by atoms with van der Waals surface area (Å²) >= 11 is 3.52. The van der Waals surface area contributed by atoms with E-state index in [1.54, 1.807) is 16.6 Å². The molecule has 0 spiro atoms. The van der Waals surface area contributed by atoms with Crippen LogP contribution in [0.2, 0.25) is 0 Å². The van der Waals surface area contributed by atoms with Gasteiger partial charge in [-0.1, -0.05) is 34.1 Å². The molecular formula is C19H27BrN6O. The topological polar surface area (TPSA) is 65.8 Å². The van der Waals surface area contributed by atoms with Crippen molar-refractivity contribution < 1.29 is 4.79 Å². The van der Waals surface area contributed by atoms with E-state index in [1.165, 1.54) is 0 Å². The number of hydrogen-bond donors (Lipinski definition) is 1. The normalized spacial score (nSPS) is 11.4. The van der Waals surface area contributed by atoms with Crippen molar-refractivity contribution >= 4 is 27.8 Å². The smallest absolute Gasteiger partial charge is 0.224 e. The first-order valence-corrected chi connectivity index (χ1v) is 9.56. The van der Waals surface area contributed by atoms with Gasteiger partial charge >= 0.3 is 0 Å². The summed E-state index contributed by atoms with van der Waals surface area (Å²) in [4.78, 5) is 20.4. The van der Waals surface area contributed by atoms with Gasteiger partial charge in [0, 0.05) is 70.5 Å². The highest BCUT2D eigenvalue weighted by molar-refractivity contribution is 9.10. The summed E-state index contributed by atoms with van der Waals surface area (Å²) in [5.41, 5.74) is 2.19. The summed E-state index contributed by atoms with van der Waals surface area (Å²) in [6, 6.07) is 7.94. The first kappa shape index (κ1) is 21.0. The van der Waals surface area contributed by atoms with E-state index in [0.29, 0.717) is 26.1 Å². The number of amides is 1. The maximum absolute atomic E-state index is 12.4. The number of benzene rings is 1. The molecule has 8 heteroatoms. The third-order valence-electron chi connectivity index (χ3n) is 4.16. The lowest BCUT2D eigenvalue weighted by Gasteiger charge is -2.22. The molecule has 0 atom stereocenters. The van der Waals surface area contributed by atoms with E-state index < -0.39 is 0 Å². The Morgan fingerprint density at radius 3 is 2.63 bits per heavy atom. The van der Waals surface area contributed by atoms with Crippen molar-refractivity contribution in [2.75, 3.05) is 27.7 Å². The molecule has 1 heterocycles. The summed E-state index contributed by atoms with van der Waals surface area (Å²) in [5, 5.41) is 7.43. The van der Waals surface area contributed by atoms with E-state index in [2.05, 4.69) is 31.3 Å². The second kappa shape index (κ2) is 10.1. The summed E-state index contributed by atoms with van der Waals surface area (Å²) in [7, 11) is 7.42. The molecule has 1 aromatic heterocycles. The fourth-order valence-corrected chi connectivity index (χ4v) is 3.14. The van der Waals surface area contributed by atoms with Gasteiger partial charge in [-0.2, -0.15) is 5.10 Å². The maximum Gasteiger partial charge on any atom is 0.224 e. The van der Waals surface area contributed by atoms with E-state index >= 15 is 0 Å². The van der Waals surface area contributed by atoms with Gasteiger partial charge in [-0.15, -0.1) is 0 Å². The lowest BCUT2D eigenvalue weighted by atomic mass is 10.2. The number of rotatable bonds is 7. The van der Waals surface area contributed by atoms with Crippen LogP contribution in [-0.4, -0.2) is 59.1 Å². The molecule has 0 saturated heterocycles. The highest BCUT2D eigenvalue weighted by Gasteiger charge is 2.12. The summed E-state index contributed by atoms with van der Waals surface area (Å²) in [5.74, 6) is 0.837. The molecular weight excluding hydrogens is 408 g/mol. The number of aromatic nitrogens is 2. The van der Waals surface area contributed by atoms with Gasteiger partial charge in [0.25, 0.3) is 0 Å². The molecule has 0 aliphatic heterocycles. The first-order valence-electron chi connectivity index (χ1n) is 8.77. The van der Waals surface area contributed by atoms with Crippen molar-refractivity contribution in [1.82, 2.24) is 24.9 Å². The average molecular weight is 435 g/mol. The van der Waals surface area contributed by atoms with Crippen molar-refractivity contribution in [1.29, 1.82) is 0 Å². The maximum atomic E-state index is 12.4. The molecule has 1 amide bonds. The van der Waals surface area contributed by atoms with Gasteiger partial charge in [-0.3, -0.25) is 14.5 Å². The van der Waals surface area contributed by atoms with Crippen LogP contribution in [0.4, 0.5) is 0 Å². The van der Waals surface area contributed by atoms with E-state index in [1.807, 2.05) is 62.7 Å². The number of hydrogen-bond acceptors (Lipinski definition) is 3. The van der Waals surface area contributed by atoms with Gasteiger partial charge < -0.3 is 15.1 Å². The molecule has 1 aromatic carbocycles. The van der Waals surface area contributed by atoms with E-state index in [0.717, 1.165) is 21.6 Å². The molecule has 1 N–H and O–H groups in total. The zero-order valence-electron chi connectivity index (χ0n) is 16.3. The molecule has 27 heavy (non-hydrogen) atoms. The third kappa shape index (κ3) is 6.39. The number of nitrogens with one attached hydrogen (secondary N) is 1. The lowest BCUT2D eigenvalue weighted by molar-refractivity contribution is -0.130. The molecule has 7 nitrogen and oxygen atoms in total. The number of nitrogens with zero attached hydrogens (tertiary/aromatic N) is 5. The largest absolute Gasteiger partial charge is 0.356 e. The minimum atomic E-state index is 0.0867. The van der Waals surface area contributed by atoms with Crippen molar-refractivity contribution in [2.24, 2.45) is 12.0 Å². The van der Waals surface area contributed by atoms with E-state index in [9.17, 15) is 4.79 Å². The number of carbonyl (C=O) groups is 1. The Balaban J connectivity index is 1.79. The first-order chi connectivity index (χ1) is 12.9. The summed E-state index contributed by atoms with van der Waals surface area (Å²) < 4.78 is 2.79. The van der Waals surface area contributed by atoms with Crippen LogP contribution >= 0.6 is 15.9 Å². The molecule has 0 bridgehead atoms. The predicted molar refractivity (Wildman–Crippen MR) is 111 cm³/mol. The second-order valence-corrected chi connectivity index (χ2v) is 7.30. The standard InChI is InChI=1S/C19H27BrN6O/c1-21-19(25(3)12-15-11-23-26(4)13-15)22-10-9-18(27)24(2)14-16-7-5-6-8-17(16)20/h5-8,11,13H,9-10,12,14H2,1-4H3,(H,21,22). The van der Waals surface area contributed by atoms with Gasteiger partial charge in [-0.25, -0.2) is 0 Å². The Morgan fingerprint density at radius 1 is 1.26 bits per heavy atom. The van der Waals surface area contributed by atoms with E-state index in [4.69, 9.17) is 0 Å². The molecule has 0 saturated carbocycles. The van der Waals surface area contributed by atoms with Gasteiger partial charge in [0.15, 0.2) is 5.96 Å². The predicted octanol–water partition coefficient (Wildman–Crippen LogP) is 2.24. The number of aryl methyl sites for hydroxylation is 1. The summed E-state index contributed by atoms with van der Waals surface area (Å²) in [6.45, 7) is 1.81. The number of halogens is 1. The van der Waals surface area contributed by atoms with Gasteiger partial charge in [0.1, 0.15) is 0 Å². The van der Waals surface area contributed by atoms with Gasteiger partial charge in [0.2, 0.25) is 5.91 Å². The van der Waals surface area contributed by atoms with Crippen LogP contribution in [0.1, 0.15) is 17.5 Å².